The summed E-state index contributed by atoms with van der Waals surface area (Å²) in [6.07, 6.45) is 0. The number of sulfonamides is 1. The molecule has 0 aliphatic heterocycles. The summed E-state index contributed by atoms with van der Waals surface area (Å²) in [6, 6.07) is 1.34. The van der Waals surface area contributed by atoms with Gasteiger partial charge in [-0.15, -0.1) is 0 Å². The highest BCUT2D eigenvalue weighted by Gasteiger charge is 2.18. The van der Waals surface area contributed by atoms with Crippen LogP contribution in [0.15, 0.2) is 15.4 Å². The molecule has 0 amide bonds. The van der Waals surface area contributed by atoms with Crippen LogP contribution in [0.2, 0.25) is 0 Å². The Balaban J connectivity index is 3.29. The van der Waals surface area contributed by atoms with E-state index in [0.717, 1.165) is 0 Å². The van der Waals surface area contributed by atoms with E-state index < -0.39 is 10.0 Å². The molecule has 0 spiro atoms. The van der Waals surface area contributed by atoms with Gasteiger partial charge < -0.3 is 9.62 Å². The molecule has 1 heterocycles. The first kappa shape index (κ1) is 9.24. The summed E-state index contributed by atoms with van der Waals surface area (Å²) in [5, 5.41) is 8.30. The van der Waals surface area contributed by atoms with Gasteiger partial charge in [0.25, 0.3) is 10.0 Å². The van der Waals surface area contributed by atoms with Crippen LogP contribution in [-0.2, 0) is 10.0 Å². The highest BCUT2D eigenvalue weighted by Crippen LogP contribution is 2.18. The summed E-state index contributed by atoms with van der Waals surface area (Å²) in [4.78, 5) is 1.18. The predicted molar refractivity (Wildman–Crippen MR) is 40.3 cm³/mol. The van der Waals surface area contributed by atoms with Crippen molar-refractivity contribution in [1.29, 1.82) is 0 Å². The Morgan fingerprint density at radius 1 is 1.50 bits per heavy atom. The van der Waals surface area contributed by atoms with E-state index in [9.17, 15) is 8.42 Å². The van der Waals surface area contributed by atoms with Crippen molar-refractivity contribution >= 4 is 10.0 Å². The molecule has 1 rings (SSSR count). The van der Waals surface area contributed by atoms with Gasteiger partial charge in [0.05, 0.1) is 0 Å². The fourth-order valence-corrected chi connectivity index (χ4v) is 1.76. The van der Waals surface area contributed by atoms with Crippen molar-refractivity contribution in [2.75, 3.05) is 0 Å². The van der Waals surface area contributed by atoms with Gasteiger partial charge in [0.1, 0.15) is 16.4 Å². The highest BCUT2D eigenvalue weighted by atomic mass is 32.2. The van der Waals surface area contributed by atoms with E-state index in [0.29, 0.717) is 5.76 Å². The molecule has 0 fully saturated rings. The Morgan fingerprint density at radius 3 is 2.42 bits per heavy atom. The molecule has 0 saturated carbocycles. The minimum absolute atomic E-state index is 0.0394. The third kappa shape index (κ3) is 1.50. The number of rotatable bonds is 2. The molecule has 0 saturated heterocycles. The molecular weight excluding hydrogens is 182 g/mol. The van der Waals surface area contributed by atoms with Gasteiger partial charge in [0.15, 0.2) is 0 Å². The fraction of sp³-hybridized carbons (Fsp3) is 0.333. The maximum atomic E-state index is 11.0. The Labute approximate surface area is 70.0 Å². The van der Waals surface area contributed by atoms with Crippen molar-refractivity contribution in [1.82, 2.24) is 4.89 Å². The molecule has 6 heteroatoms. The van der Waals surface area contributed by atoms with Crippen LogP contribution in [0.3, 0.4) is 0 Å². The standard InChI is InChI=1S/C6H9NO4S/c1-4-3-6(5(2)11-4)12(9,10)7-8/h3,7-8H,1-2H3. The van der Waals surface area contributed by atoms with Gasteiger partial charge in [-0.1, -0.05) is 4.89 Å². The average Bonchev–Trinajstić information content (AvgIpc) is 2.31. The van der Waals surface area contributed by atoms with Crippen molar-refractivity contribution < 1.29 is 18.0 Å². The van der Waals surface area contributed by atoms with Crippen molar-refractivity contribution in [3.8, 4) is 0 Å². The Kier molecular flexibility index (Phi) is 2.22. The van der Waals surface area contributed by atoms with E-state index in [1.165, 1.54) is 17.9 Å². The predicted octanol–water partition coefficient (Wildman–Crippen LogP) is 0.564. The van der Waals surface area contributed by atoms with E-state index in [2.05, 4.69) is 0 Å². The topological polar surface area (TPSA) is 79.5 Å². The van der Waals surface area contributed by atoms with Gasteiger partial charge in [0, 0.05) is 0 Å². The van der Waals surface area contributed by atoms with Gasteiger partial charge in [0.2, 0.25) is 0 Å². The molecule has 0 bridgehead atoms. The summed E-state index contributed by atoms with van der Waals surface area (Å²) in [5.41, 5.74) is 0. The van der Waals surface area contributed by atoms with Gasteiger partial charge in [-0.2, -0.15) is 0 Å². The minimum atomic E-state index is -3.80. The molecule has 68 valence electrons. The zero-order chi connectivity index (χ0) is 9.35. The van der Waals surface area contributed by atoms with Crippen LogP contribution in [0.4, 0.5) is 0 Å². The quantitative estimate of drug-likeness (QED) is 0.669. The van der Waals surface area contributed by atoms with Gasteiger partial charge in [-0.05, 0) is 19.9 Å². The number of furan rings is 1. The second-order valence-corrected chi connectivity index (χ2v) is 4.00. The Bertz CT molecular complexity index is 378. The summed E-state index contributed by atoms with van der Waals surface area (Å²) in [5.74, 6) is 0.746. The van der Waals surface area contributed by atoms with E-state index in [1.54, 1.807) is 6.92 Å². The first-order valence-corrected chi connectivity index (χ1v) is 4.68. The lowest BCUT2D eigenvalue weighted by atomic mass is 10.4. The van der Waals surface area contributed by atoms with Crippen LogP contribution in [0, 0.1) is 13.8 Å². The van der Waals surface area contributed by atoms with Crippen molar-refractivity contribution in [3.63, 3.8) is 0 Å². The average molecular weight is 191 g/mol. The number of aryl methyl sites for hydroxylation is 2. The molecule has 0 aliphatic carbocycles. The number of hydrogen-bond donors (Lipinski definition) is 2. The highest BCUT2D eigenvalue weighted by molar-refractivity contribution is 7.89. The van der Waals surface area contributed by atoms with Crippen LogP contribution < -0.4 is 4.89 Å². The van der Waals surface area contributed by atoms with Crippen LogP contribution in [0.25, 0.3) is 0 Å². The Morgan fingerprint density at radius 2 is 2.08 bits per heavy atom. The molecule has 0 aliphatic rings. The molecule has 1 aromatic heterocycles. The van der Waals surface area contributed by atoms with Gasteiger partial charge in [-0.25, -0.2) is 8.42 Å². The van der Waals surface area contributed by atoms with E-state index in [-0.39, 0.29) is 10.7 Å². The van der Waals surface area contributed by atoms with Crippen molar-refractivity contribution in [2.45, 2.75) is 18.7 Å². The Hall–Kier alpha value is -0.850. The van der Waals surface area contributed by atoms with Crippen LogP contribution in [-0.4, -0.2) is 13.6 Å². The summed E-state index contributed by atoms with van der Waals surface area (Å²) in [6.45, 7) is 3.14. The third-order valence-electron chi connectivity index (χ3n) is 1.41. The molecule has 1 aromatic rings. The smallest absolute Gasteiger partial charge is 0.265 e. The SMILES string of the molecule is Cc1cc(S(=O)(=O)NO)c(C)o1. The minimum Gasteiger partial charge on any atom is -0.465 e. The largest absolute Gasteiger partial charge is 0.465 e. The molecule has 0 unspecified atom stereocenters. The van der Waals surface area contributed by atoms with Gasteiger partial charge in [-0.3, -0.25) is 0 Å². The van der Waals surface area contributed by atoms with Gasteiger partial charge >= 0.3 is 0 Å². The van der Waals surface area contributed by atoms with E-state index in [1.807, 2.05) is 0 Å². The summed E-state index contributed by atoms with van der Waals surface area (Å²) >= 11 is 0. The number of hydrogen-bond acceptors (Lipinski definition) is 4. The lowest BCUT2D eigenvalue weighted by molar-refractivity contribution is 0.242. The molecule has 5 nitrogen and oxygen atoms in total. The fourth-order valence-electron chi connectivity index (χ4n) is 0.923. The maximum Gasteiger partial charge on any atom is 0.265 e. The molecule has 2 N–H and O–H groups in total. The van der Waals surface area contributed by atoms with Crippen LogP contribution >= 0.6 is 0 Å². The first-order chi connectivity index (χ1) is 5.47. The molecule has 0 atom stereocenters. The maximum absolute atomic E-state index is 11.0. The zero-order valence-corrected chi connectivity index (χ0v) is 7.47. The van der Waals surface area contributed by atoms with Crippen LogP contribution in [0.1, 0.15) is 11.5 Å². The lowest BCUT2D eigenvalue weighted by Crippen LogP contribution is -2.19. The normalized spacial score (nSPS) is 11.9. The second-order valence-electron chi connectivity index (χ2n) is 2.37. The zero-order valence-electron chi connectivity index (χ0n) is 6.66. The summed E-state index contributed by atoms with van der Waals surface area (Å²) < 4.78 is 27.0. The summed E-state index contributed by atoms with van der Waals surface area (Å²) in [7, 11) is -3.80. The lowest BCUT2D eigenvalue weighted by Gasteiger charge is -1.96. The molecule has 0 aromatic carbocycles. The van der Waals surface area contributed by atoms with Crippen molar-refractivity contribution in [3.05, 3.63) is 17.6 Å². The number of nitrogens with one attached hydrogen (secondary N) is 1. The molecule has 0 radical (unpaired) electrons. The third-order valence-corrected chi connectivity index (χ3v) is 2.63. The van der Waals surface area contributed by atoms with Crippen molar-refractivity contribution in [2.24, 2.45) is 0 Å². The molecule has 12 heavy (non-hydrogen) atoms. The molecular formula is C6H9NO4S. The van der Waals surface area contributed by atoms with Crippen LogP contribution in [0.5, 0.6) is 0 Å². The second kappa shape index (κ2) is 2.89. The first-order valence-electron chi connectivity index (χ1n) is 3.20. The van der Waals surface area contributed by atoms with E-state index in [4.69, 9.17) is 9.62 Å². The van der Waals surface area contributed by atoms with E-state index >= 15 is 0 Å². The monoisotopic (exact) mass is 191 g/mol.